The van der Waals surface area contributed by atoms with Crippen LogP contribution in [-0.4, -0.2) is 35.7 Å². The maximum absolute atomic E-state index is 11.5. The fraction of sp³-hybridized carbons (Fsp3) is 0.300. The van der Waals surface area contributed by atoms with E-state index in [0.717, 1.165) is 7.11 Å². The van der Waals surface area contributed by atoms with E-state index in [9.17, 15) is 21.6 Å². The molecule has 0 aliphatic carbocycles. The molecule has 0 saturated heterocycles. The molecule has 3 N–H and O–H groups in total. The maximum atomic E-state index is 11.5. The number of primary sulfonamides is 1. The van der Waals surface area contributed by atoms with E-state index in [4.69, 9.17) is 5.14 Å². The van der Waals surface area contributed by atoms with E-state index in [1.807, 2.05) is 0 Å². The monoisotopic (exact) mass is 322 g/mol. The number of rotatable bonds is 6. The molecule has 0 radical (unpaired) electrons. The molecule has 112 valence electrons. The Morgan fingerprint density at radius 1 is 1.20 bits per heavy atom. The van der Waals surface area contributed by atoms with E-state index in [1.54, 1.807) is 0 Å². The zero-order chi connectivity index (χ0) is 15.4. The van der Waals surface area contributed by atoms with Crippen molar-refractivity contribution in [2.75, 3.05) is 12.9 Å². The summed E-state index contributed by atoms with van der Waals surface area (Å²) in [5.74, 6) is -1.65. The predicted octanol–water partition coefficient (Wildman–Crippen LogP) is -1.07. The minimum Gasteiger partial charge on any atom is -0.468 e. The summed E-state index contributed by atoms with van der Waals surface area (Å²) in [6, 6.07) is 5.36. The third-order valence-electron chi connectivity index (χ3n) is 2.28. The van der Waals surface area contributed by atoms with Gasteiger partial charge in [0.05, 0.1) is 12.0 Å². The van der Waals surface area contributed by atoms with E-state index in [2.05, 4.69) is 9.46 Å². The molecule has 0 bridgehead atoms. The summed E-state index contributed by atoms with van der Waals surface area (Å²) < 4.78 is 51.4. The number of nitrogens with two attached hydrogens (primary N) is 1. The fourth-order valence-electron chi connectivity index (χ4n) is 1.26. The molecule has 1 rings (SSSR count). The van der Waals surface area contributed by atoms with E-state index in [-0.39, 0.29) is 11.4 Å². The summed E-state index contributed by atoms with van der Waals surface area (Å²) in [6.07, 6.45) is 0. The smallest absolute Gasteiger partial charge is 0.322 e. The first-order chi connectivity index (χ1) is 9.14. The van der Waals surface area contributed by atoms with Crippen LogP contribution in [0, 0.1) is 0 Å². The average molecular weight is 322 g/mol. The molecule has 0 aliphatic heterocycles. The number of nitrogens with one attached hydrogen (secondary N) is 1. The Morgan fingerprint density at radius 2 is 1.75 bits per heavy atom. The van der Waals surface area contributed by atoms with Crippen molar-refractivity contribution >= 4 is 26.0 Å². The van der Waals surface area contributed by atoms with E-state index in [1.165, 1.54) is 24.3 Å². The summed E-state index contributed by atoms with van der Waals surface area (Å²) in [6.45, 7) is -0.0791. The molecule has 8 nitrogen and oxygen atoms in total. The van der Waals surface area contributed by atoms with Crippen molar-refractivity contribution in [3.63, 3.8) is 0 Å². The van der Waals surface area contributed by atoms with Gasteiger partial charge in [-0.25, -0.2) is 26.7 Å². The second-order valence-electron chi connectivity index (χ2n) is 3.85. The van der Waals surface area contributed by atoms with Crippen molar-refractivity contribution in [1.82, 2.24) is 4.72 Å². The van der Waals surface area contributed by atoms with E-state index in [0.29, 0.717) is 5.56 Å². The lowest BCUT2D eigenvalue weighted by molar-refractivity contribution is -0.137. The molecule has 0 spiro atoms. The standard InChI is InChI=1S/C10H14N2O6S2/c1-18-10(13)7-19(14,15)12-6-8-2-4-9(5-3-8)20(11,16)17/h2-5,12H,6-7H2,1H3,(H2,11,16,17). The topological polar surface area (TPSA) is 133 Å². The van der Waals surface area contributed by atoms with Gasteiger partial charge in [0.15, 0.2) is 5.75 Å². The molecule has 0 saturated carbocycles. The highest BCUT2D eigenvalue weighted by Gasteiger charge is 2.16. The van der Waals surface area contributed by atoms with Crippen molar-refractivity contribution < 1.29 is 26.4 Å². The number of hydrogen-bond acceptors (Lipinski definition) is 6. The number of esters is 1. The van der Waals surface area contributed by atoms with Gasteiger partial charge in [0.1, 0.15) is 0 Å². The Bertz CT molecular complexity index is 679. The van der Waals surface area contributed by atoms with Crippen LogP contribution in [0.4, 0.5) is 0 Å². The Hall–Kier alpha value is -1.49. The van der Waals surface area contributed by atoms with Crippen LogP contribution < -0.4 is 9.86 Å². The van der Waals surface area contributed by atoms with Crippen LogP contribution in [0.3, 0.4) is 0 Å². The van der Waals surface area contributed by atoms with Crippen LogP contribution in [0.5, 0.6) is 0 Å². The van der Waals surface area contributed by atoms with Crippen molar-refractivity contribution in [3.8, 4) is 0 Å². The van der Waals surface area contributed by atoms with Crippen molar-refractivity contribution in [3.05, 3.63) is 29.8 Å². The van der Waals surface area contributed by atoms with Crippen molar-refractivity contribution in [2.24, 2.45) is 5.14 Å². The van der Waals surface area contributed by atoms with Gasteiger partial charge in [-0.15, -0.1) is 0 Å². The zero-order valence-electron chi connectivity index (χ0n) is 10.6. The summed E-state index contributed by atoms with van der Waals surface area (Å²) in [5, 5.41) is 4.93. The zero-order valence-corrected chi connectivity index (χ0v) is 12.2. The molecule has 0 heterocycles. The van der Waals surface area contributed by atoms with Gasteiger partial charge < -0.3 is 4.74 Å². The van der Waals surface area contributed by atoms with Crippen LogP contribution in [0.15, 0.2) is 29.2 Å². The van der Waals surface area contributed by atoms with Gasteiger partial charge in [-0.1, -0.05) is 12.1 Å². The van der Waals surface area contributed by atoms with Gasteiger partial charge in [-0.05, 0) is 17.7 Å². The average Bonchev–Trinajstić information content (AvgIpc) is 2.35. The van der Waals surface area contributed by atoms with E-state index >= 15 is 0 Å². The van der Waals surface area contributed by atoms with Gasteiger partial charge in [0.25, 0.3) is 0 Å². The summed E-state index contributed by atoms with van der Waals surface area (Å²) in [5.41, 5.74) is 0.519. The molecule has 0 aliphatic rings. The van der Waals surface area contributed by atoms with Crippen LogP contribution in [0.25, 0.3) is 0 Å². The Balaban J connectivity index is 2.69. The summed E-state index contributed by atoms with van der Waals surface area (Å²) in [7, 11) is -6.49. The molecular formula is C10H14N2O6S2. The van der Waals surface area contributed by atoms with Crippen LogP contribution in [0.2, 0.25) is 0 Å². The number of methoxy groups -OCH3 is 1. The largest absolute Gasteiger partial charge is 0.468 e. The number of carbonyl (C=O) groups excluding carboxylic acids is 1. The number of benzene rings is 1. The highest BCUT2D eigenvalue weighted by Crippen LogP contribution is 2.08. The molecular weight excluding hydrogens is 308 g/mol. The van der Waals surface area contributed by atoms with E-state index < -0.39 is 31.8 Å². The first-order valence-corrected chi connectivity index (χ1v) is 8.50. The molecule has 0 aromatic heterocycles. The molecule has 10 heteroatoms. The quantitative estimate of drug-likeness (QED) is 0.641. The third-order valence-corrected chi connectivity index (χ3v) is 4.41. The molecule has 0 fully saturated rings. The Kier molecular flexibility index (Phi) is 5.22. The summed E-state index contributed by atoms with van der Waals surface area (Å²) in [4.78, 5) is 10.8. The second kappa shape index (κ2) is 6.31. The highest BCUT2D eigenvalue weighted by atomic mass is 32.2. The number of sulfonamides is 2. The lowest BCUT2D eigenvalue weighted by atomic mass is 10.2. The SMILES string of the molecule is COC(=O)CS(=O)(=O)NCc1ccc(S(N)(=O)=O)cc1. The first kappa shape index (κ1) is 16.6. The van der Waals surface area contributed by atoms with Crippen molar-refractivity contribution in [1.29, 1.82) is 0 Å². The van der Waals surface area contributed by atoms with Crippen molar-refractivity contribution in [2.45, 2.75) is 11.4 Å². The molecule has 20 heavy (non-hydrogen) atoms. The number of hydrogen-bond donors (Lipinski definition) is 2. The molecule has 1 aromatic rings. The van der Waals surface area contributed by atoms with Gasteiger partial charge in [-0.3, -0.25) is 4.79 Å². The predicted molar refractivity (Wildman–Crippen MR) is 70.5 cm³/mol. The van der Waals surface area contributed by atoms with Crippen LogP contribution >= 0.6 is 0 Å². The molecule has 0 unspecified atom stereocenters. The normalized spacial score (nSPS) is 12.1. The summed E-state index contributed by atoms with van der Waals surface area (Å²) >= 11 is 0. The molecule has 0 amide bonds. The van der Waals surface area contributed by atoms with Gasteiger partial charge in [-0.2, -0.15) is 0 Å². The second-order valence-corrected chi connectivity index (χ2v) is 7.21. The highest BCUT2D eigenvalue weighted by molar-refractivity contribution is 7.90. The molecule has 0 atom stereocenters. The minimum atomic E-state index is -3.80. The van der Waals surface area contributed by atoms with Gasteiger partial charge in [0.2, 0.25) is 20.0 Å². The van der Waals surface area contributed by atoms with Crippen LogP contribution in [-0.2, 0) is 36.1 Å². The number of carbonyl (C=O) groups is 1. The lowest BCUT2D eigenvalue weighted by Gasteiger charge is -2.06. The third kappa shape index (κ3) is 5.25. The number of ether oxygens (including phenoxy) is 1. The Labute approximate surface area is 117 Å². The molecule has 1 aromatic carbocycles. The van der Waals surface area contributed by atoms with Crippen LogP contribution in [0.1, 0.15) is 5.56 Å². The van der Waals surface area contributed by atoms with Gasteiger partial charge in [0, 0.05) is 6.54 Å². The minimum absolute atomic E-state index is 0.0707. The Morgan fingerprint density at radius 3 is 2.20 bits per heavy atom. The van der Waals surface area contributed by atoms with Gasteiger partial charge >= 0.3 is 5.97 Å². The first-order valence-electron chi connectivity index (χ1n) is 5.30. The lowest BCUT2D eigenvalue weighted by Crippen LogP contribution is -2.30. The maximum Gasteiger partial charge on any atom is 0.322 e. The fourth-order valence-corrected chi connectivity index (χ4v) is 2.69.